The van der Waals surface area contributed by atoms with Crippen LogP contribution in [-0.2, 0) is 15.9 Å². The zero-order valence-corrected chi connectivity index (χ0v) is 35.5. The van der Waals surface area contributed by atoms with Crippen LogP contribution in [0.5, 0.6) is 0 Å². The largest absolute Gasteiger partial charge is 0.394 e. The molecule has 10 nitrogen and oxygen atoms in total. The van der Waals surface area contributed by atoms with Crippen molar-refractivity contribution in [2.24, 2.45) is 23.7 Å². The van der Waals surface area contributed by atoms with Gasteiger partial charge >= 0.3 is 0 Å². The number of hydrogen-bond acceptors (Lipinski definition) is 9. The van der Waals surface area contributed by atoms with Gasteiger partial charge in [-0.05, 0) is 68.3 Å². The average Bonchev–Trinajstić information content (AvgIpc) is 3.81. The van der Waals surface area contributed by atoms with Crippen LogP contribution in [0.3, 0.4) is 0 Å². The maximum atomic E-state index is 11.4. The number of hydrogen-bond donors (Lipinski definition) is 7. The Balaban J connectivity index is 1.15. The van der Waals surface area contributed by atoms with Crippen LogP contribution in [0.1, 0.15) is 198 Å². The van der Waals surface area contributed by atoms with Crippen molar-refractivity contribution >= 4 is 0 Å². The molecule has 2 bridgehead atoms. The fourth-order valence-corrected chi connectivity index (χ4v) is 10.0. The van der Waals surface area contributed by atoms with E-state index in [0.717, 1.165) is 67.9 Å². The molecule has 326 valence electrons. The lowest BCUT2D eigenvalue weighted by Crippen LogP contribution is -2.59. The predicted octanol–water partition coefficient (Wildman–Crippen LogP) is 8.25. The molecule has 10 heteroatoms. The van der Waals surface area contributed by atoms with Gasteiger partial charge in [0.25, 0.3) is 0 Å². The van der Waals surface area contributed by atoms with Crippen LogP contribution >= 0.6 is 0 Å². The highest BCUT2D eigenvalue weighted by atomic mass is 16.7. The number of aliphatic hydroxyl groups excluding tert-OH is 6. The molecule has 1 aromatic heterocycles. The summed E-state index contributed by atoms with van der Waals surface area (Å²) in [5.41, 5.74) is 1.52. The Morgan fingerprint density at radius 1 is 0.750 bits per heavy atom. The molecule has 4 rings (SSSR count). The van der Waals surface area contributed by atoms with Crippen LogP contribution in [0, 0.1) is 23.7 Å². The van der Waals surface area contributed by atoms with E-state index in [-0.39, 0.29) is 6.61 Å². The fraction of sp³-hybridized carbons (Fsp3) is 0.935. The first-order chi connectivity index (χ1) is 27.2. The molecule has 7 N–H and O–H groups in total. The van der Waals surface area contributed by atoms with Crippen molar-refractivity contribution in [1.82, 2.24) is 10.2 Å². The number of aromatic amines is 1. The third kappa shape index (κ3) is 15.8. The van der Waals surface area contributed by atoms with Gasteiger partial charge < -0.3 is 40.1 Å². The summed E-state index contributed by atoms with van der Waals surface area (Å²) >= 11 is 0. The molecule has 0 radical (unpaired) electrons. The van der Waals surface area contributed by atoms with Crippen LogP contribution < -0.4 is 0 Å². The molecule has 12 atom stereocenters. The molecule has 5 unspecified atom stereocenters. The second-order valence-corrected chi connectivity index (χ2v) is 18.4. The molecule has 2 aliphatic carbocycles. The van der Waals surface area contributed by atoms with Gasteiger partial charge in [0.15, 0.2) is 6.29 Å². The summed E-state index contributed by atoms with van der Waals surface area (Å²) in [6.45, 7) is 4.02. The van der Waals surface area contributed by atoms with Gasteiger partial charge in [0.05, 0.1) is 37.0 Å². The number of H-pyrrole nitrogens is 1. The lowest BCUT2D eigenvalue weighted by atomic mass is 9.80. The molecule has 0 aromatic carbocycles. The molecule has 0 amide bonds. The maximum absolute atomic E-state index is 11.4. The summed E-state index contributed by atoms with van der Waals surface area (Å²) in [5.74, 6) is 3.29. The van der Waals surface area contributed by atoms with Crippen LogP contribution in [-0.4, -0.2) is 97.0 Å². The van der Waals surface area contributed by atoms with Crippen molar-refractivity contribution in [3.63, 3.8) is 0 Å². The molecule has 3 aliphatic rings. The van der Waals surface area contributed by atoms with Gasteiger partial charge in [-0.1, -0.05) is 149 Å². The Kier molecular flexibility index (Phi) is 22.8. The van der Waals surface area contributed by atoms with Gasteiger partial charge in [-0.3, -0.25) is 5.10 Å². The Morgan fingerprint density at radius 3 is 1.98 bits per heavy atom. The highest BCUT2D eigenvalue weighted by Crippen LogP contribution is 2.50. The van der Waals surface area contributed by atoms with Crippen LogP contribution in [0.25, 0.3) is 0 Å². The van der Waals surface area contributed by atoms with Gasteiger partial charge in [-0.25, -0.2) is 0 Å². The number of rotatable bonds is 31. The number of aliphatic hydroxyl groups is 6. The van der Waals surface area contributed by atoms with Gasteiger partial charge in [0.2, 0.25) is 0 Å². The first-order valence-corrected chi connectivity index (χ1v) is 23.6. The van der Waals surface area contributed by atoms with Crippen molar-refractivity contribution in [1.29, 1.82) is 0 Å². The number of fused-ring (bicyclic) bond motifs is 2. The zero-order valence-electron chi connectivity index (χ0n) is 35.5. The van der Waals surface area contributed by atoms with Crippen LogP contribution in [0.15, 0.2) is 6.07 Å². The molecule has 1 saturated heterocycles. The lowest BCUT2D eigenvalue weighted by Gasteiger charge is -2.40. The Labute approximate surface area is 339 Å². The molecule has 56 heavy (non-hydrogen) atoms. The number of aromatic nitrogens is 2. The standard InChI is InChI=1S/C46H84N2O8/c1-3-4-5-6-7-8-9-10-11-16-19-22-25-40(50)42(51)38(32-55-46-45(54)44(53)43(52)41(31-49)56-46)39-30-37(47-48-39)24-21-18-15-13-12-14-17-20-23-34-28-36-29-35(34)27-26-33(36)2/h30,33-36,38,40-46,49-54H,3-29,31-32H2,1-2H3,(H,47,48)/t33-,34-,35+,36+,38+,40+,41?,42-,43?,44?,45?,46?/m0/s1. The van der Waals surface area contributed by atoms with E-state index in [9.17, 15) is 30.6 Å². The van der Waals surface area contributed by atoms with E-state index in [0.29, 0.717) is 12.1 Å². The summed E-state index contributed by atoms with van der Waals surface area (Å²) in [7, 11) is 0. The second-order valence-electron chi connectivity index (χ2n) is 18.4. The Morgan fingerprint density at radius 2 is 1.36 bits per heavy atom. The monoisotopic (exact) mass is 793 g/mol. The number of aryl methyl sites for hydroxylation is 1. The minimum atomic E-state index is -1.56. The van der Waals surface area contributed by atoms with Crippen LogP contribution in [0.2, 0.25) is 0 Å². The smallest absolute Gasteiger partial charge is 0.186 e. The van der Waals surface area contributed by atoms with Gasteiger partial charge in [0, 0.05) is 5.69 Å². The Hall–Kier alpha value is -1.11. The molecular weight excluding hydrogens is 709 g/mol. The number of ether oxygens (including phenoxy) is 2. The highest BCUT2D eigenvalue weighted by Gasteiger charge is 2.45. The average molecular weight is 793 g/mol. The van der Waals surface area contributed by atoms with Crippen LogP contribution in [0.4, 0.5) is 0 Å². The van der Waals surface area contributed by atoms with E-state index < -0.39 is 55.4 Å². The third-order valence-electron chi connectivity index (χ3n) is 13.9. The summed E-state index contributed by atoms with van der Waals surface area (Å²) in [5, 5.41) is 70.8. The number of nitrogens with zero attached hydrogens (tertiary/aromatic N) is 1. The van der Waals surface area contributed by atoms with Crippen molar-refractivity contribution in [2.45, 2.75) is 236 Å². The third-order valence-corrected chi connectivity index (χ3v) is 13.9. The first kappa shape index (κ1) is 47.6. The van der Waals surface area contributed by atoms with E-state index in [1.165, 1.54) is 128 Å². The summed E-state index contributed by atoms with van der Waals surface area (Å²) in [6, 6.07) is 1.93. The van der Waals surface area contributed by atoms with Crippen molar-refractivity contribution in [3.8, 4) is 0 Å². The second kappa shape index (κ2) is 26.9. The van der Waals surface area contributed by atoms with E-state index >= 15 is 0 Å². The quantitative estimate of drug-likeness (QED) is 0.0366. The lowest BCUT2D eigenvalue weighted by molar-refractivity contribution is -0.303. The molecule has 2 heterocycles. The molecule has 3 fully saturated rings. The van der Waals surface area contributed by atoms with Gasteiger partial charge in [-0.2, -0.15) is 5.10 Å². The van der Waals surface area contributed by atoms with Crippen molar-refractivity contribution < 1.29 is 40.1 Å². The van der Waals surface area contributed by atoms with Crippen molar-refractivity contribution in [2.75, 3.05) is 13.2 Å². The SMILES string of the molecule is CCCCCCCCCCCCCC[C@@H](O)[C@@H](O)[C@H](COC1OC(CO)C(O)C(O)C1O)c1cc(CCCCCCCCCC[C@H]2C[C@@H]3C[C@H]2CC[C@@H]3C)[nH]n1. The number of unbranched alkanes of at least 4 members (excludes halogenated alkanes) is 18. The van der Waals surface area contributed by atoms with E-state index in [1.54, 1.807) is 0 Å². The minimum absolute atomic E-state index is 0.148. The summed E-state index contributed by atoms with van der Waals surface area (Å²) in [6.07, 6.45) is 24.3. The zero-order chi connectivity index (χ0) is 40.1. The molecule has 2 saturated carbocycles. The first-order valence-electron chi connectivity index (χ1n) is 23.6. The molecule has 1 aliphatic heterocycles. The van der Waals surface area contributed by atoms with Crippen molar-refractivity contribution in [3.05, 3.63) is 17.5 Å². The van der Waals surface area contributed by atoms with E-state index in [1.807, 2.05) is 6.07 Å². The predicted molar refractivity (Wildman–Crippen MR) is 222 cm³/mol. The van der Waals surface area contributed by atoms with E-state index in [2.05, 4.69) is 24.0 Å². The molecular formula is C46H84N2O8. The van der Waals surface area contributed by atoms with Gasteiger partial charge in [-0.15, -0.1) is 0 Å². The Bertz CT molecular complexity index is 1140. The summed E-state index contributed by atoms with van der Waals surface area (Å²) in [4.78, 5) is 0. The topological polar surface area (TPSA) is 169 Å². The summed E-state index contributed by atoms with van der Waals surface area (Å²) < 4.78 is 11.4. The molecule has 0 spiro atoms. The highest BCUT2D eigenvalue weighted by molar-refractivity contribution is 5.16. The fourth-order valence-electron chi connectivity index (χ4n) is 10.0. The normalized spacial score (nSPS) is 29.5. The molecule has 1 aromatic rings. The maximum Gasteiger partial charge on any atom is 0.186 e. The van der Waals surface area contributed by atoms with Gasteiger partial charge in [0.1, 0.15) is 24.4 Å². The van der Waals surface area contributed by atoms with E-state index in [4.69, 9.17) is 9.47 Å². The number of nitrogens with one attached hydrogen (secondary N) is 1. The minimum Gasteiger partial charge on any atom is -0.394 e.